The van der Waals surface area contributed by atoms with Gasteiger partial charge in [-0.25, -0.2) is 9.78 Å². The summed E-state index contributed by atoms with van der Waals surface area (Å²) in [5, 5.41) is 9.33. The highest BCUT2D eigenvalue weighted by atomic mass is 79.9. The summed E-state index contributed by atoms with van der Waals surface area (Å²) in [6, 6.07) is 11.5. The second kappa shape index (κ2) is 5.81. The summed E-state index contributed by atoms with van der Waals surface area (Å²) >= 11 is 3.38. The summed E-state index contributed by atoms with van der Waals surface area (Å²) in [6.07, 6.45) is 1.67. The van der Waals surface area contributed by atoms with Crippen LogP contribution in [0.3, 0.4) is 0 Å². The van der Waals surface area contributed by atoms with Crippen molar-refractivity contribution in [2.45, 2.75) is 13.5 Å². The maximum absolute atomic E-state index is 11.4. The monoisotopic (exact) mass is 360 g/mol. The van der Waals surface area contributed by atoms with Crippen LogP contribution in [0.5, 0.6) is 5.75 Å². The number of rotatable bonds is 4. The molecule has 0 saturated heterocycles. The van der Waals surface area contributed by atoms with Crippen LogP contribution in [0.15, 0.2) is 47.1 Å². The zero-order valence-electron chi connectivity index (χ0n) is 11.8. The SMILES string of the molecule is Cc1nc2c(OCc3ccccc3)cc(Br)cn2c1C(=O)O. The zero-order valence-corrected chi connectivity index (χ0v) is 13.4. The van der Waals surface area contributed by atoms with Gasteiger partial charge in [0.2, 0.25) is 0 Å². The van der Waals surface area contributed by atoms with Gasteiger partial charge < -0.3 is 9.84 Å². The Bertz CT molecular complexity index is 843. The highest BCUT2D eigenvalue weighted by Crippen LogP contribution is 2.27. The number of benzene rings is 1. The summed E-state index contributed by atoms with van der Waals surface area (Å²) in [5.41, 5.74) is 2.12. The van der Waals surface area contributed by atoms with Crippen molar-refractivity contribution in [2.75, 3.05) is 0 Å². The minimum Gasteiger partial charge on any atom is -0.485 e. The first-order chi connectivity index (χ1) is 10.6. The van der Waals surface area contributed by atoms with Gasteiger partial charge in [0.05, 0.1) is 5.69 Å². The van der Waals surface area contributed by atoms with Crippen molar-refractivity contribution in [1.82, 2.24) is 9.38 Å². The highest BCUT2D eigenvalue weighted by Gasteiger charge is 2.18. The molecule has 0 aliphatic heterocycles. The van der Waals surface area contributed by atoms with Crippen LogP contribution in [0.2, 0.25) is 0 Å². The van der Waals surface area contributed by atoms with E-state index in [9.17, 15) is 9.90 Å². The van der Waals surface area contributed by atoms with Crippen LogP contribution in [-0.2, 0) is 6.61 Å². The number of carboxylic acid groups (broad SMARTS) is 1. The number of halogens is 1. The van der Waals surface area contributed by atoms with Crippen LogP contribution in [0.4, 0.5) is 0 Å². The molecule has 2 aromatic heterocycles. The Hall–Kier alpha value is -2.34. The van der Waals surface area contributed by atoms with Gasteiger partial charge in [-0.15, -0.1) is 0 Å². The molecule has 6 heteroatoms. The van der Waals surface area contributed by atoms with Crippen molar-refractivity contribution >= 4 is 27.5 Å². The second-order valence-corrected chi connectivity index (χ2v) is 5.76. The molecule has 0 aliphatic carbocycles. The van der Waals surface area contributed by atoms with Crippen molar-refractivity contribution in [2.24, 2.45) is 0 Å². The minimum absolute atomic E-state index is 0.140. The van der Waals surface area contributed by atoms with Crippen LogP contribution in [0, 0.1) is 6.92 Å². The van der Waals surface area contributed by atoms with E-state index in [1.165, 1.54) is 4.40 Å². The fourth-order valence-corrected chi connectivity index (χ4v) is 2.71. The number of hydrogen-bond acceptors (Lipinski definition) is 3. The van der Waals surface area contributed by atoms with E-state index in [0.29, 0.717) is 23.7 Å². The molecule has 0 radical (unpaired) electrons. The van der Waals surface area contributed by atoms with Gasteiger partial charge in [-0.3, -0.25) is 4.40 Å². The third kappa shape index (κ3) is 2.69. The number of imidazole rings is 1. The van der Waals surface area contributed by atoms with Gasteiger partial charge in [0.15, 0.2) is 17.1 Å². The van der Waals surface area contributed by atoms with E-state index in [1.807, 2.05) is 30.3 Å². The third-order valence-corrected chi connectivity index (χ3v) is 3.70. The van der Waals surface area contributed by atoms with E-state index in [4.69, 9.17) is 4.74 Å². The lowest BCUT2D eigenvalue weighted by atomic mass is 10.2. The average Bonchev–Trinajstić information content (AvgIpc) is 2.82. The predicted octanol–water partition coefficient (Wildman–Crippen LogP) is 3.68. The van der Waals surface area contributed by atoms with Crippen LogP contribution in [-0.4, -0.2) is 20.5 Å². The number of hydrogen-bond donors (Lipinski definition) is 1. The van der Waals surface area contributed by atoms with Gasteiger partial charge >= 0.3 is 5.97 Å². The molecule has 22 heavy (non-hydrogen) atoms. The van der Waals surface area contributed by atoms with Crippen molar-refractivity contribution in [1.29, 1.82) is 0 Å². The first-order valence-corrected chi connectivity index (χ1v) is 7.44. The Kier molecular flexibility index (Phi) is 3.85. The summed E-state index contributed by atoms with van der Waals surface area (Å²) in [7, 11) is 0. The summed E-state index contributed by atoms with van der Waals surface area (Å²) in [6.45, 7) is 2.06. The van der Waals surface area contributed by atoms with Crippen LogP contribution < -0.4 is 4.74 Å². The Balaban J connectivity index is 2.02. The summed E-state index contributed by atoms with van der Waals surface area (Å²) < 4.78 is 8.08. The van der Waals surface area contributed by atoms with Crippen molar-refractivity contribution < 1.29 is 14.6 Å². The van der Waals surface area contributed by atoms with Gasteiger partial charge in [0.25, 0.3) is 0 Å². The van der Waals surface area contributed by atoms with Gasteiger partial charge in [-0.2, -0.15) is 0 Å². The van der Waals surface area contributed by atoms with E-state index in [1.54, 1.807) is 19.2 Å². The van der Waals surface area contributed by atoms with Crippen molar-refractivity contribution in [3.05, 3.63) is 64.0 Å². The average molecular weight is 361 g/mol. The Labute approximate surface area is 135 Å². The number of pyridine rings is 1. The number of ether oxygens (including phenoxy) is 1. The quantitative estimate of drug-likeness (QED) is 0.770. The molecule has 1 aromatic carbocycles. The molecule has 3 rings (SSSR count). The van der Waals surface area contributed by atoms with Crippen LogP contribution in [0.25, 0.3) is 5.65 Å². The van der Waals surface area contributed by atoms with Crippen LogP contribution >= 0.6 is 15.9 Å². The molecule has 2 heterocycles. The Morgan fingerprint density at radius 2 is 2.09 bits per heavy atom. The number of aromatic carboxylic acids is 1. The number of fused-ring (bicyclic) bond motifs is 1. The standard InChI is InChI=1S/C16H13BrN2O3/c1-10-14(16(20)21)19-8-12(17)7-13(15(19)18-10)22-9-11-5-3-2-4-6-11/h2-8H,9H2,1H3,(H,20,21). The molecule has 0 bridgehead atoms. The lowest BCUT2D eigenvalue weighted by Gasteiger charge is -2.08. The molecule has 5 nitrogen and oxygen atoms in total. The lowest BCUT2D eigenvalue weighted by Crippen LogP contribution is -2.04. The molecule has 0 atom stereocenters. The highest BCUT2D eigenvalue weighted by molar-refractivity contribution is 9.10. The molecular weight excluding hydrogens is 348 g/mol. The Morgan fingerprint density at radius 3 is 2.77 bits per heavy atom. The Morgan fingerprint density at radius 1 is 1.36 bits per heavy atom. The smallest absolute Gasteiger partial charge is 0.354 e. The molecule has 0 spiro atoms. The maximum atomic E-state index is 11.4. The molecule has 0 aliphatic rings. The molecule has 0 unspecified atom stereocenters. The minimum atomic E-state index is -1.02. The summed E-state index contributed by atoms with van der Waals surface area (Å²) in [4.78, 5) is 15.7. The van der Waals surface area contributed by atoms with Crippen molar-refractivity contribution in [3.63, 3.8) is 0 Å². The fourth-order valence-electron chi connectivity index (χ4n) is 2.30. The first kappa shape index (κ1) is 14.6. The van der Waals surface area contributed by atoms with E-state index in [2.05, 4.69) is 20.9 Å². The zero-order chi connectivity index (χ0) is 15.7. The first-order valence-electron chi connectivity index (χ1n) is 6.64. The number of aromatic nitrogens is 2. The second-order valence-electron chi connectivity index (χ2n) is 4.84. The van der Waals surface area contributed by atoms with Crippen molar-refractivity contribution in [3.8, 4) is 5.75 Å². The molecule has 112 valence electrons. The topological polar surface area (TPSA) is 63.8 Å². The molecule has 0 fully saturated rings. The van der Waals surface area contributed by atoms with Crippen LogP contribution in [0.1, 0.15) is 21.7 Å². The molecule has 0 saturated carbocycles. The van der Waals surface area contributed by atoms with Gasteiger partial charge in [0, 0.05) is 10.7 Å². The largest absolute Gasteiger partial charge is 0.485 e. The van der Waals surface area contributed by atoms with E-state index < -0.39 is 5.97 Å². The number of nitrogens with zero attached hydrogens (tertiary/aromatic N) is 2. The van der Waals surface area contributed by atoms with Gasteiger partial charge in [0.1, 0.15) is 6.61 Å². The molecule has 1 N–H and O–H groups in total. The summed E-state index contributed by atoms with van der Waals surface area (Å²) in [5.74, 6) is -0.481. The van der Waals surface area contributed by atoms with E-state index in [0.717, 1.165) is 10.0 Å². The number of carboxylic acids is 1. The third-order valence-electron chi connectivity index (χ3n) is 3.27. The lowest BCUT2D eigenvalue weighted by molar-refractivity contribution is 0.0688. The number of carbonyl (C=O) groups is 1. The molecule has 3 aromatic rings. The number of aryl methyl sites for hydroxylation is 1. The molecule has 0 amide bonds. The normalized spacial score (nSPS) is 10.8. The van der Waals surface area contributed by atoms with Gasteiger partial charge in [-0.05, 0) is 34.5 Å². The van der Waals surface area contributed by atoms with E-state index in [-0.39, 0.29) is 5.69 Å². The molecular formula is C16H13BrN2O3. The predicted molar refractivity (Wildman–Crippen MR) is 85.4 cm³/mol. The van der Waals surface area contributed by atoms with Gasteiger partial charge in [-0.1, -0.05) is 30.3 Å². The fraction of sp³-hybridized carbons (Fsp3) is 0.125. The maximum Gasteiger partial charge on any atom is 0.354 e. The van der Waals surface area contributed by atoms with E-state index >= 15 is 0 Å².